The molecule has 24 heavy (non-hydrogen) atoms. The number of likely N-dealkylation sites (N-methyl/N-ethyl adjacent to an activating group) is 1. The van der Waals surface area contributed by atoms with E-state index in [9.17, 15) is 9.59 Å². The highest BCUT2D eigenvalue weighted by atomic mass is 32.1. The fourth-order valence-electron chi connectivity index (χ4n) is 2.47. The topological polar surface area (TPSA) is 64.7 Å². The maximum atomic E-state index is 12.4. The third-order valence-corrected chi connectivity index (χ3v) is 4.76. The number of rotatable bonds is 4. The first-order valence-electron chi connectivity index (χ1n) is 7.81. The van der Waals surface area contributed by atoms with Crippen LogP contribution in [-0.2, 0) is 0 Å². The van der Waals surface area contributed by atoms with Crippen LogP contribution >= 0.6 is 11.3 Å². The summed E-state index contributed by atoms with van der Waals surface area (Å²) in [6, 6.07) is 10.6. The van der Waals surface area contributed by atoms with Crippen molar-refractivity contribution in [1.82, 2.24) is 15.3 Å². The standard InChI is InChI=1S/C17H20N4O2S/c1-20-7-9-21(10-8-20)19-16(22)13-4-2-5-14(12-13)18-17(23)15-6-3-11-24-15/h2-6,11-12H,7-10H2,1H3,(H,18,23)(H,19,22). The van der Waals surface area contributed by atoms with E-state index < -0.39 is 0 Å². The Morgan fingerprint density at radius 1 is 1.04 bits per heavy atom. The summed E-state index contributed by atoms with van der Waals surface area (Å²) in [6.45, 7) is 3.46. The Hall–Kier alpha value is -2.22. The summed E-state index contributed by atoms with van der Waals surface area (Å²) in [5.41, 5.74) is 4.06. The maximum Gasteiger partial charge on any atom is 0.265 e. The first kappa shape index (κ1) is 16.6. The molecule has 1 aliphatic heterocycles. The lowest BCUT2D eigenvalue weighted by Gasteiger charge is -2.32. The van der Waals surface area contributed by atoms with Crippen LogP contribution in [0.3, 0.4) is 0 Å². The quantitative estimate of drug-likeness (QED) is 0.889. The van der Waals surface area contributed by atoms with Crippen molar-refractivity contribution in [2.45, 2.75) is 0 Å². The van der Waals surface area contributed by atoms with Gasteiger partial charge in [0, 0.05) is 37.4 Å². The van der Waals surface area contributed by atoms with Gasteiger partial charge in [0.25, 0.3) is 11.8 Å². The van der Waals surface area contributed by atoms with Crippen molar-refractivity contribution in [2.24, 2.45) is 0 Å². The minimum Gasteiger partial charge on any atom is -0.321 e. The molecule has 2 amide bonds. The Morgan fingerprint density at radius 2 is 1.83 bits per heavy atom. The molecule has 0 bridgehead atoms. The smallest absolute Gasteiger partial charge is 0.265 e. The van der Waals surface area contributed by atoms with Gasteiger partial charge in [-0.3, -0.25) is 15.0 Å². The Morgan fingerprint density at radius 3 is 2.54 bits per heavy atom. The van der Waals surface area contributed by atoms with Gasteiger partial charge in [-0.2, -0.15) is 0 Å². The predicted octanol–water partition coefficient (Wildman–Crippen LogP) is 1.89. The molecule has 0 unspecified atom stereocenters. The predicted molar refractivity (Wildman–Crippen MR) is 95.3 cm³/mol. The molecular formula is C17H20N4O2S. The number of benzene rings is 1. The third-order valence-electron chi connectivity index (χ3n) is 3.89. The fraction of sp³-hybridized carbons (Fsp3) is 0.294. The van der Waals surface area contributed by atoms with Gasteiger partial charge in [0.15, 0.2) is 0 Å². The van der Waals surface area contributed by atoms with E-state index in [1.165, 1.54) is 11.3 Å². The van der Waals surface area contributed by atoms with E-state index in [4.69, 9.17) is 0 Å². The molecule has 2 heterocycles. The van der Waals surface area contributed by atoms with Crippen molar-refractivity contribution in [3.05, 3.63) is 52.2 Å². The molecule has 1 aromatic carbocycles. The SMILES string of the molecule is CN1CCN(NC(=O)c2cccc(NC(=O)c3cccs3)c2)CC1. The summed E-state index contributed by atoms with van der Waals surface area (Å²) in [5.74, 6) is -0.326. The van der Waals surface area contributed by atoms with Crippen LogP contribution in [0.2, 0.25) is 0 Å². The van der Waals surface area contributed by atoms with E-state index >= 15 is 0 Å². The molecule has 0 atom stereocenters. The molecule has 0 aliphatic carbocycles. The largest absolute Gasteiger partial charge is 0.321 e. The molecule has 126 valence electrons. The molecule has 1 saturated heterocycles. The molecule has 1 aromatic heterocycles. The molecule has 6 nitrogen and oxygen atoms in total. The van der Waals surface area contributed by atoms with Gasteiger partial charge in [0.1, 0.15) is 0 Å². The Balaban J connectivity index is 1.62. The second-order valence-electron chi connectivity index (χ2n) is 5.74. The summed E-state index contributed by atoms with van der Waals surface area (Å²) in [7, 11) is 2.07. The zero-order chi connectivity index (χ0) is 16.9. The minimum absolute atomic E-state index is 0.160. The van der Waals surface area contributed by atoms with Crippen molar-refractivity contribution in [3.8, 4) is 0 Å². The van der Waals surface area contributed by atoms with Gasteiger partial charge in [-0.25, -0.2) is 5.01 Å². The molecule has 7 heteroatoms. The van der Waals surface area contributed by atoms with Crippen molar-refractivity contribution < 1.29 is 9.59 Å². The lowest BCUT2D eigenvalue weighted by Crippen LogP contribution is -2.52. The number of piperazine rings is 1. The number of amides is 2. The number of thiophene rings is 1. The Bertz CT molecular complexity index is 709. The third kappa shape index (κ3) is 4.19. The van der Waals surface area contributed by atoms with Crippen molar-refractivity contribution >= 4 is 28.8 Å². The number of nitrogens with one attached hydrogen (secondary N) is 2. The second-order valence-corrected chi connectivity index (χ2v) is 6.69. The summed E-state index contributed by atoms with van der Waals surface area (Å²) in [4.78, 5) is 27.3. The number of carbonyl (C=O) groups is 2. The lowest BCUT2D eigenvalue weighted by molar-refractivity contribution is 0.0662. The molecule has 2 aromatic rings. The van der Waals surface area contributed by atoms with E-state index in [0.29, 0.717) is 16.1 Å². The van der Waals surface area contributed by atoms with Gasteiger partial charge in [0.2, 0.25) is 0 Å². The van der Waals surface area contributed by atoms with Crippen LogP contribution in [0, 0.1) is 0 Å². The van der Waals surface area contributed by atoms with Crippen molar-refractivity contribution in [3.63, 3.8) is 0 Å². The second kappa shape index (κ2) is 7.57. The zero-order valence-corrected chi connectivity index (χ0v) is 14.3. The van der Waals surface area contributed by atoms with Gasteiger partial charge in [-0.15, -0.1) is 11.3 Å². The van der Waals surface area contributed by atoms with E-state index in [1.807, 2.05) is 16.5 Å². The molecule has 1 fully saturated rings. The average molecular weight is 344 g/mol. The summed E-state index contributed by atoms with van der Waals surface area (Å²) >= 11 is 1.38. The van der Waals surface area contributed by atoms with Gasteiger partial charge in [-0.1, -0.05) is 12.1 Å². The number of anilines is 1. The van der Waals surface area contributed by atoms with E-state index in [1.54, 1.807) is 30.3 Å². The molecule has 3 rings (SSSR count). The monoisotopic (exact) mass is 344 g/mol. The number of hydrogen-bond donors (Lipinski definition) is 2. The van der Waals surface area contributed by atoms with E-state index in [2.05, 4.69) is 22.7 Å². The Kier molecular flexibility index (Phi) is 5.24. The summed E-state index contributed by atoms with van der Waals surface area (Å²) < 4.78 is 0. The average Bonchev–Trinajstić information content (AvgIpc) is 3.12. The highest BCUT2D eigenvalue weighted by molar-refractivity contribution is 7.12. The van der Waals surface area contributed by atoms with E-state index in [0.717, 1.165) is 26.2 Å². The highest BCUT2D eigenvalue weighted by Gasteiger charge is 2.17. The molecule has 1 aliphatic rings. The highest BCUT2D eigenvalue weighted by Crippen LogP contribution is 2.15. The van der Waals surface area contributed by atoms with E-state index in [-0.39, 0.29) is 11.8 Å². The van der Waals surface area contributed by atoms with Gasteiger partial charge in [0.05, 0.1) is 4.88 Å². The van der Waals surface area contributed by atoms with Crippen molar-refractivity contribution in [1.29, 1.82) is 0 Å². The number of nitrogens with zero attached hydrogens (tertiary/aromatic N) is 2. The number of carbonyl (C=O) groups excluding carboxylic acids is 2. The minimum atomic E-state index is -0.165. The summed E-state index contributed by atoms with van der Waals surface area (Å²) in [5, 5.41) is 6.61. The fourth-order valence-corrected chi connectivity index (χ4v) is 3.08. The van der Waals surface area contributed by atoms with Crippen LogP contribution in [0.25, 0.3) is 0 Å². The number of hydrazine groups is 1. The van der Waals surface area contributed by atoms with Crippen LogP contribution in [-0.4, -0.2) is 54.9 Å². The Labute approximate surface area is 145 Å². The van der Waals surface area contributed by atoms with Crippen LogP contribution in [0.5, 0.6) is 0 Å². The zero-order valence-electron chi connectivity index (χ0n) is 13.5. The normalized spacial score (nSPS) is 15.9. The van der Waals surface area contributed by atoms with Gasteiger partial charge < -0.3 is 10.2 Å². The first-order valence-corrected chi connectivity index (χ1v) is 8.69. The summed E-state index contributed by atoms with van der Waals surface area (Å²) in [6.07, 6.45) is 0. The van der Waals surface area contributed by atoms with Gasteiger partial charge >= 0.3 is 0 Å². The lowest BCUT2D eigenvalue weighted by atomic mass is 10.2. The van der Waals surface area contributed by atoms with Crippen LogP contribution in [0.4, 0.5) is 5.69 Å². The van der Waals surface area contributed by atoms with Crippen LogP contribution in [0.1, 0.15) is 20.0 Å². The van der Waals surface area contributed by atoms with Crippen molar-refractivity contribution in [2.75, 3.05) is 38.5 Å². The van der Waals surface area contributed by atoms with Crippen LogP contribution < -0.4 is 10.7 Å². The molecule has 2 N–H and O–H groups in total. The maximum absolute atomic E-state index is 12.4. The first-order chi connectivity index (χ1) is 11.6. The molecular weight excluding hydrogens is 324 g/mol. The number of hydrogen-bond acceptors (Lipinski definition) is 5. The van der Waals surface area contributed by atoms with Gasteiger partial charge in [-0.05, 0) is 36.7 Å². The molecule has 0 saturated carbocycles. The molecule has 0 spiro atoms. The van der Waals surface area contributed by atoms with Crippen LogP contribution in [0.15, 0.2) is 41.8 Å². The molecule has 0 radical (unpaired) electrons.